The van der Waals surface area contributed by atoms with Crippen LogP contribution in [0.5, 0.6) is 0 Å². The largest absolute Gasteiger partial charge is 0.375 e. The molecular weight excluding hydrogens is 254 g/mol. The lowest BCUT2D eigenvalue weighted by Crippen LogP contribution is -2.32. The van der Waals surface area contributed by atoms with Gasteiger partial charge in [0.05, 0.1) is 6.10 Å². The van der Waals surface area contributed by atoms with Crippen LogP contribution in [0.15, 0.2) is 24.3 Å². The van der Waals surface area contributed by atoms with Gasteiger partial charge in [-0.25, -0.2) is 0 Å². The average molecular weight is 272 g/mol. The molecule has 0 radical (unpaired) electrons. The number of amides is 1. The van der Waals surface area contributed by atoms with Crippen LogP contribution in [0, 0.1) is 0 Å². The molecule has 0 heterocycles. The molecule has 0 aromatic heterocycles. The Hall–Kier alpha value is -1.10. The molecule has 1 amide bonds. The summed E-state index contributed by atoms with van der Waals surface area (Å²) in [6, 6.07) is 7.39. The molecule has 1 unspecified atom stereocenters. The van der Waals surface area contributed by atoms with Gasteiger partial charge in [-0.2, -0.15) is 0 Å². The molecule has 0 aliphatic carbocycles. The molecule has 0 aliphatic heterocycles. The molecule has 0 spiro atoms. The molecule has 1 N–H and O–H groups in total. The fourth-order valence-electron chi connectivity index (χ4n) is 1.50. The van der Waals surface area contributed by atoms with Crippen molar-refractivity contribution in [2.45, 2.75) is 13.0 Å². The van der Waals surface area contributed by atoms with Crippen molar-refractivity contribution in [1.82, 2.24) is 5.32 Å². The van der Waals surface area contributed by atoms with Crippen molar-refractivity contribution < 1.29 is 14.3 Å². The maximum atomic E-state index is 11.4. The van der Waals surface area contributed by atoms with Gasteiger partial charge in [0, 0.05) is 25.3 Å². The zero-order chi connectivity index (χ0) is 13.4. The van der Waals surface area contributed by atoms with Crippen LogP contribution in [0.25, 0.3) is 0 Å². The number of hydrogen-bond acceptors (Lipinski definition) is 3. The molecule has 1 rings (SSSR count). The zero-order valence-corrected chi connectivity index (χ0v) is 11.4. The summed E-state index contributed by atoms with van der Waals surface area (Å²) in [5.41, 5.74) is 0.932. The quantitative estimate of drug-likeness (QED) is 0.827. The maximum Gasteiger partial charge on any atom is 0.246 e. The summed E-state index contributed by atoms with van der Waals surface area (Å²) in [5.74, 6) is -0.152. The van der Waals surface area contributed by atoms with Crippen molar-refractivity contribution in [3.8, 4) is 0 Å². The third kappa shape index (κ3) is 5.04. The van der Waals surface area contributed by atoms with Gasteiger partial charge in [0.1, 0.15) is 6.61 Å². The van der Waals surface area contributed by atoms with Gasteiger partial charge < -0.3 is 14.8 Å². The van der Waals surface area contributed by atoms with Crippen molar-refractivity contribution >= 4 is 17.5 Å². The van der Waals surface area contributed by atoms with E-state index in [9.17, 15) is 4.79 Å². The minimum Gasteiger partial charge on any atom is -0.375 e. The van der Waals surface area contributed by atoms with Crippen LogP contribution < -0.4 is 5.32 Å². The predicted octanol–water partition coefficient (Wildman–Crippen LogP) is 2.18. The van der Waals surface area contributed by atoms with E-state index in [0.29, 0.717) is 18.2 Å². The lowest BCUT2D eigenvalue weighted by Gasteiger charge is -2.16. The van der Waals surface area contributed by atoms with Gasteiger partial charge >= 0.3 is 0 Å². The molecule has 5 heteroatoms. The van der Waals surface area contributed by atoms with Crippen LogP contribution in [0.2, 0.25) is 5.02 Å². The number of ether oxygens (including phenoxy) is 2. The van der Waals surface area contributed by atoms with Crippen molar-refractivity contribution in [3.63, 3.8) is 0 Å². The normalized spacial score (nSPS) is 12.2. The summed E-state index contributed by atoms with van der Waals surface area (Å²) in [7, 11) is 1.60. The number of carbonyl (C=O) groups excluding carboxylic acids is 1. The fraction of sp³-hybridized carbons (Fsp3) is 0.462. The lowest BCUT2D eigenvalue weighted by atomic mass is 10.1. The summed E-state index contributed by atoms with van der Waals surface area (Å²) in [5, 5.41) is 3.40. The van der Waals surface area contributed by atoms with E-state index in [1.165, 1.54) is 0 Å². The van der Waals surface area contributed by atoms with Gasteiger partial charge in [-0.05, 0) is 24.6 Å². The summed E-state index contributed by atoms with van der Waals surface area (Å²) in [4.78, 5) is 11.4. The molecule has 18 heavy (non-hydrogen) atoms. The summed E-state index contributed by atoms with van der Waals surface area (Å²) >= 11 is 5.91. The maximum absolute atomic E-state index is 11.4. The summed E-state index contributed by atoms with van der Waals surface area (Å²) in [6.07, 6.45) is -0.214. The first kappa shape index (κ1) is 15.0. The second-order valence-electron chi connectivity index (χ2n) is 3.72. The number of rotatable bonds is 7. The highest BCUT2D eigenvalue weighted by Crippen LogP contribution is 2.19. The van der Waals surface area contributed by atoms with Crippen LogP contribution >= 0.6 is 11.6 Å². The van der Waals surface area contributed by atoms with Crippen molar-refractivity contribution in [3.05, 3.63) is 34.9 Å². The smallest absolute Gasteiger partial charge is 0.246 e. The number of methoxy groups -OCH3 is 1. The third-order valence-corrected chi connectivity index (χ3v) is 2.66. The first-order valence-electron chi connectivity index (χ1n) is 5.80. The van der Waals surface area contributed by atoms with Gasteiger partial charge in [-0.1, -0.05) is 23.7 Å². The molecule has 100 valence electrons. The first-order valence-corrected chi connectivity index (χ1v) is 6.17. The average Bonchev–Trinajstić information content (AvgIpc) is 2.37. The molecule has 1 atom stereocenters. The van der Waals surface area contributed by atoms with E-state index >= 15 is 0 Å². The van der Waals surface area contributed by atoms with E-state index in [4.69, 9.17) is 21.1 Å². The highest BCUT2D eigenvalue weighted by molar-refractivity contribution is 6.30. The van der Waals surface area contributed by atoms with Gasteiger partial charge in [-0.15, -0.1) is 0 Å². The van der Waals surface area contributed by atoms with Gasteiger partial charge in [0.25, 0.3) is 0 Å². The van der Waals surface area contributed by atoms with Crippen molar-refractivity contribution in [2.24, 2.45) is 0 Å². The Kier molecular flexibility index (Phi) is 6.72. The fourth-order valence-corrected chi connectivity index (χ4v) is 1.70. The monoisotopic (exact) mass is 271 g/mol. The molecule has 1 aromatic carbocycles. The minimum absolute atomic E-state index is 0.0719. The summed E-state index contributed by atoms with van der Waals surface area (Å²) in [6.45, 7) is 2.83. The Labute approximate surface area is 112 Å². The third-order valence-electron chi connectivity index (χ3n) is 2.43. The second kappa shape index (κ2) is 8.08. The van der Waals surface area contributed by atoms with Gasteiger partial charge in [-0.3, -0.25) is 4.79 Å². The van der Waals surface area contributed by atoms with E-state index in [0.717, 1.165) is 5.56 Å². The summed E-state index contributed by atoms with van der Waals surface area (Å²) < 4.78 is 10.3. The van der Waals surface area contributed by atoms with Crippen LogP contribution in [0.3, 0.4) is 0 Å². The Balaban J connectivity index is 2.50. The number of benzene rings is 1. The van der Waals surface area contributed by atoms with Crippen molar-refractivity contribution in [1.29, 1.82) is 0 Å². The molecule has 0 saturated heterocycles. The first-order chi connectivity index (χ1) is 8.67. The number of carbonyl (C=O) groups is 1. The highest BCUT2D eigenvalue weighted by Gasteiger charge is 2.12. The minimum atomic E-state index is -0.214. The Bertz CT molecular complexity index is 384. The van der Waals surface area contributed by atoms with E-state index < -0.39 is 0 Å². The molecule has 1 aromatic rings. The van der Waals surface area contributed by atoms with Crippen LogP contribution in [-0.2, 0) is 14.3 Å². The van der Waals surface area contributed by atoms with Crippen LogP contribution in [0.1, 0.15) is 18.6 Å². The SMILES string of the molecule is CCOCC(=O)NCC(OC)c1cccc(Cl)c1. The molecule has 4 nitrogen and oxygen atoms in total. The Morgan fingerprint density at radius 1 is 1.50 bits per heavy atom. The highest BCUT2D eigenvalue weighted by atomic mass is 35.5. The second-order valence-corrected chi connectivity index (χ2v) is 4.16. The predicted molar refractivity (Wildman–Crippen MR) is 70.7 cm³/mol. The van der Waals surface area contributed by atoms with Gasteiger partial charge in [0.15, 0.2) is 0 Å². The van der Waals surface area contributed by atoms with E-state index in [-0.39, 0.29) is 18.6 Å². The van der Waals surface area contributed by atoms with Crippen LogP contribution in [-0.4, -0.2) is 32.8 Å². The number of nitrogens with one attached hydrogen (secondary N) is 1. The van der Waals surface area contributed by atoms with E-state index in [2.05, 4.69) is 5.32 Å². The molecule has 0 saturated carbocycles. The van der Waals surface area contributed by atoms with E-state index in [1.54, 1.807) is 13.2 Å². The molecule has 0 aliphatic rings. The standard InChI is InChI=1S/C13H18ClNO3/c1-3-18-9-13(16)15-8-12(17-2)10-5-4-6-11(14)7-10/h4-7,12H,3,8-9H2,1-2H3,(H,15,16). The number of halogens is 1. The Morgan fingerprint density at radius 3 is 2.89 bits per heavy atom. The van der Waals surface area contributed by atoms with Crippen LogP contribution in [0.4, 0.5) is 0 Å². The Morgan fingerprint density at radius 2 is 2.28 bits per heavy atom. The molecule has 0 fully saturated rings. The van der Waals surface area contributed by atoms with E-state index in [1.807, 2.05) is 25.1 Å². The molecular formula is C13H18ClNO3. The van der Waals surface area contributed by atoms with Gasteiger partial charge in [0.2, 0.25) is 5.91 Å². The zero-order valence-electron chi connectivity index (χ0n) is 10.6. The number of hydrogen-bond donors (Lipinski definition) is 1. The molecule has 0 bridgehead atoms. The lowest BCUT2D eigenvalue weighted by molar-refractivity contribution is -0.126. The van der Waals surface area contributed by atoms with Crippen molar-refractivity contribution in [2.75, 3.05) is 26.9 Å². The topological polar surface area (TPSA) is 47.6 Å².